The highest BCUT2D eigenvalue weighted by Gasteiger charge is 2.23. The zero-order chi connectivity index (χ0) is 24.2. The van der Waals surface area contributed by atoms with Gasteiger partial charge in [-0.1, -0.05) is 91.0 Å². The Morgan fingerprint density at radius 1 is 0.765 bits per heavy atom. The fourth-order valence-electron chi connectivity index (χ4n) is 3.37. The number of aliphatic hydroxyl groups is 1. The van der Waals surface area contributed by atoms with E-state index in [-0.39, 0.29) is 26.1 Å². The van der Waals surface area contributed by atoms with Crippen molar-refractivity contribution < 1.29 is 24.2 Å². The molecular weight excluding hydrogens is 432 g/mol. The van der Waals surface area contributed by atoms with Crippen LogP contribution >= 0.6 is 0 Å². The maximum atomic E-state index is 12.9. The molecule has 2 amide bonds. The third-order valence-corrected chi connectivity index (χ3v) is 5.26. The van der Waals surface area contributed by atoms with Gasteiger partial charge in [0.2, 0.25) is 5.91 Å². The molecule has 2 atom stereocenters. The van der Waals surface area contributed by atoms with Gasteiger partial charge in [0.1, 0.15) is 12.7 Å². The van der Waals surface area contributed by atoms with Crippen LogP contribution in [0, 0.1) is 0 Å². The molecule has 0 heterocycles. The summed E-state index contributed by atoms with van der Waals surface area (Å²) in [5.74, 6) is -1.65. The van der Waals surface area contributed by atoms with E-state index in [1.54, 1.807) is 24.3 Å². The number of Topliss-reactive ketones (excluding diaryl/α,β-unsaturated/α-hetero) is 1. The standard InChI is InChI=1S/C27H28N2O5/c30-24(16-20-10-4-1-5-11-20)25(31)18-28-26(32)23(22-14-8-3-9-15-22)17-29-27(33)34-19-21-12-6-2-7-13-21/h1-15,23-24,30H,16-19H2,(H,28,32)(H,29,33)/t23?,24-/m1/s1. The molecule has 7 nitrogen and oxygen atoms in total. The lowest BCUT2D eigenvalue weighted by Gasteiger charge is -2.18. The summed E-state index contributed by atoms with van der Waals surface area (Å²) in [6.07, 6.45) is -1.69. The Balaban J connectivity index is 1.53. The van der Waals surface area contributed by atoms with Gasteiger partial charge < -0.3 is 20.5 Å². The van der Waals surface area contributed by atoms with E-state index in [1.165, 1.54) is 0 Å². The van der Waals surface area contributed by atoms with Crippen LogP contribution < -0.4 is 10.6 Å². The minimum absolute atomic E-state index is 0.00969. The van der Waals surface area contributed by atoms with Gasteiger partial charge in [-0.15, -0.1) is 0 Å². The molecule has 3 N–H and O–H groups in total. The number of benzene rings is 3. The van der Waals surface area contributed by atoms with Crippen LogP contribution in [0.5, 0.6) is 0 Å². The highest BCUT2D eigenvalue weighted by molar-refractivity contribution is 5.91. The smallest absolute Gasteiger partial charge is 0.407 e. The Kier molecular flexibility index (Phi) is 9.37. The van der Waals surface area contributed by atoms with Crippen molar-refractivity contribution in [3.63, 3.8) is 0 Å². The van der Waals surface area contributed by atoms with Crippen LogP contribution in [0.25, 0.3) is 0 Å². The topological polar surface area (TPSA) is 105 Å². The van der Waals surface area contributed by atoms with Gasteiger partial charge in [-0.2, -0.15) is 0 Å². The van der Waals surface area contributed by atoms with Gasteiger partial charge >= 0.3 is 6.09 Å². The summed E-state index contributed by atoms with van der Waals surface area (Å²) >= 11 is 0. The quantitative estimate of drug-likeness (QED) is 0.408. The predicted molar refractivity (Wildman–Crippen MR) is 128 cm³/mol. The third kappa shape index (κ3) is 7.86. The van der Waals surface area contributed by atoms with Crippen LogP contribution in [0.1, 0.15) is 22.6 Å². The van der Waals surface area contributed by atoms with Crippen molar-refractivity contribution in [2.75, 3.05) is 13.1 Å². The fourth-order valence-corrected chi connectivity index (χ4v) is 3.37. The molecule has 0 aliphatic heterocycles. The molecule has 0 spiro atoms. The first kappa shape index (κ1) is 24.7. The van der Waals surface area contributed by atoms with Gasteiger partial charge in [-0.25, -0.2) is 4.79 Å². The first-order valence-corrected chi connectivity index (χ1v) is 11.0. The van der Waals surface area contributed by atoms with E-state index in [0.717, 1.165) is 11.1 Å². The second kappa shape index (κ2) is 12.9. The first-order chi connectivity index (χ1) is 16.5. The number of alkyl carbamates (subject to hydrolysis) is 1. The zero-order valence-electron chi connectivity index (χ0n) is 18.7. The van der Waals surface area contributed by atoms with Crippen LogP contribution in [0.2, 0.25) is 0 Å². The molecule has 0 aromatic heterocycles. The van der Waals surface area contributed by atoms with Gasteiger partial charge in [0, 0.05) is 13.0 Å². The Labute approximate surface area is 198 Å². The second-order valence-corrected chi connectivity index (χ2v) is 7.80. The van der Waals surface area contributed by atoms with Crippen LogP contribution in [0.3, 0.4) is 0 Å². The van der Waals surface area contributed by atoms with E-state index in [0.29, 0.717) is 5.56 Å². The van der Waals surface area contributed by atoms with E-state index < -0.39 is 29.8 Å². The summed E-state index contributed by atoms with van der Waals surface area (Å²) in [5.41, 5.74) is 2.36. The molecule has 7 heteroatoms. The minimum atomic E-state index is -1.22. The zero-order valence-corrected chi connectivity index (χ0v) is 18.7. The highest BCUT2D eigenvalue weighted by Crippen LogP contribution is 2.15. The van der Waals surface area contributed by atoms with Crippen molar-refractivity contribution >= 4 is 17.8 Å². The van der Waals surface area contributed by atoms with Crippen molar-refractivity contribution in [3.05, 3.63) is 108 Å². The van der Waals surface area contributed by atoms with E-state index in [9.17, 15) is 19.5 Å². The SMILES string of the molecule is O=C(NCC(C(=O)NCC(=O)[C@H](O)Cc1ccccc1)c1ccccc1)OCc1ccccc1. The minimum Gasteiger partial charge on any atom is -0.445 e. The molecule has 0 saturated carbocycles. The van der Waals surface area contributed by atoms with Gasteiger partial charge in [0.25, 0.3) is 0 Å². The molecular formula is C27H28N2O5. The molecule has 3 aromatic carbocycles. The summed E-state index contributed by atoms with van der Waals surface area (Å²) in [6.45, 7) is -0.207. The molecule has 0 radical (unpaired) electrons. The summed E-state index contributed by atoms with van der Waals surface area (Å²) < 4.78 is 5.21. The Morgan fingerprint density at radius 2 is 1.32 bits per heavy atom. The Morgan fingerprint density at radius 3 is 1.94 bits per heavy atom. The predicted octanol–water partition coefficient (Wildman–Crippen LogP) is 2.99. The lowest BCUT2D eigenvalue weighted by molar-refractivity contribution is -0.130. The lowest BCUT2D eigenvalue weighted by atomic mass is 9.98. The van der Waals surface area contributed by atoms with E-state index in [4.69, 9.17) is 4.74 Å². The normalized spacial score (nSPS) is 12.3. The molecule has 0 saturated heterocycles. The molecule has 0 aliphatic carbocycles. The van der Waals surface area contributed by atoms with Crippen LogP contribution in [-0.4, -0.2) is 42.1 Å². The largest absolute Gasteiger partial charge is 0.445 e. The fraction of sp³-hybridized carbons (Fsp3) is 0.222. The van der Waals surface area contributed by atoms with E-state index >= 15 is 0 Å². The summed E-state index contributed by atoms with van der Waals surface area (Å²) in [7, 11) is 0. The van der Waals surface area contributed by atoms with Gasteiger partial charge in [-0.3, -0.25) is 9.59 Å². The molecule has 34 heavy (non-hydrogen) atoms. The van der Waals surface area contributed by atoms with Crippen LogP contribution in [0.15, 0.2) is 91.0 Å². The number of aliphatic hydroxyl groups excluding tert-OH is 1. The monoisotopic (exact) mass is 460 g/mol. The third-order valence-electron chi connectivity index (χ3n) is 5.26. The molecule has 1 unspecified atom stereocenters. The maximum Gasteiger partial charge on any atom is 0.407 e. The Bertz CT molecular complexity index is 1060. The summed E-state index contributed by atoms with van der Waals surface area (Å²) in [5, 5.41) is 15.4. The average molecular weight is 461 g/mol. The molecule has 3 aromatic rings. The number of ether oxygens (including phenoxy) is 1. The number of amides is 2. The van der Waals surface area contributed by atoms with Crippen molar-refractivity contribution in [2.24, 2.45) is 0 Å². The van der Waals surface area contributed by atoms with Gasteiger partial charge in [0.05, 0.1) is 12.5 Å². The molecule has 3 rings (SSSR count). The molecule has 0 aliphatic rings. The van der Waals surface area contributed by atoms with Crippen LogP contribution in [-0.2, 0) is 27.4 Å². The summed E-state index contributed by atoms with van der Waals surface area (Å²) in [6, 6.07) is 27.4. The number of rotatable bonds is 11. The first-order valence-electron chi connectivity index (χ1n) is 11.0. The maximum absolute atomic E-state index is 12.9. The average Bonchev–Trinajstić information content (AvgIpc) is 2.88. The van der Waals surface area contributed by atoms with Crippen LogP contribution in [0.4, 0.5) is 4.79 Å². The number of carbonyl (C=O) groups excluding carboxylic acids is 3. The van der Waals surface area contributed by atoms with Crippen molar-refractivity contribution in [3.8, 4) is 0 Å². The summed E-state index contributed by atoms with van der Waals surface area (Å²) in [4.78, 5) is 37.4. The molecule has 0 bridgehead atoms. The molecule has 0 fully saturated rings. The Hall–Kier alpha value is -3.97. The number of hydrogen-bond acceptors (Lipinski definition) is 5. The number of ketones is 1. The second-order valence-electron chi connectivity index (χ2n) is 7.80. The van der Waals surface area contributed by atoms with E-state index in [1.807, 2.05) is 66.7 Å². The van der Waals surface area contributed by atoms with Crippen molar-refractivity contribution in [1.82, 2.24) is 10.6 Å². The van der Waals surface area contributed by atoms with Gasteiger partial charge in [0.15, 0.2) is 5.78 Å². The highest BCUT2D eigenvalue weighted by atomic mass is 16.5. The number of nitrogens with one attached hydrogen (secondary N) is 2. The van der Waals surface area contributed by atoms with Crippen molar-refractivity contribution in [1.29, 1.82) is 0 Å². The van der Waals surface area contributed by atoms with Crippen molar-refractivity contribution in [2.45, 2.75) is 25.0 Å². The lowest BCUT2D eigenvalue weighted by Crippen LogP contribution is -2.41. The number of hydrogen-bond donors (Lipinski definition) is 3. The van der Waals surface area contributed by atoms with Gasteiger partial charge in [-0.05, 0) is 16.7 Å². The number of carbonyl (C=O) groups is 3. The molecule has 176 valence electrons. The van der Waals surface area contributed by atoms with E-state index in [2.05, 4.69) is 10.6 Å².